The lowest BCUT2D eigenvalue weighted by Gasteiger charge is -1.85. The first-order valence-electron chi connectivity index (χ1n) is 2.05. The molecule has 0 rings (SSSR count). The molecule has 0 aromatic carbocycles. The molecule has 39 valence electrons. The highest BCUT2D eigenvalue weighted by Gasteiger charge is 1.66. The van der Waals surface area contributed by atoms with Crippen LogP contribution in [-0.4, -0.2) is 13.3 Å². The van der Waals surface area contributed by atoms with Gasteiger partial charge in [-0.15, -0.1) is 0 Å². The highest BCUT2D eigenvalue weighted by molar-refractivity contribution is 5.21. The van der Waals surface area contributed by atoms with Crippen molar-refractivity contribution in [2.24, 2.45) is 5.16 Å². The molecule has 0 aliphatic carbocycles. The average molecular weight is 98.1 g/mol. The van der Waals surface area contributed by atoms with E-state index in [1.54, 1.807) is 0 Å². The highest BCUT2D eigenvalue weighted by Crippen LogP contribution is 1.73. The van der Waals surface area contributed by atoms with Gasteiger partial charge < -0.3 is 4.84 Å². The van der Waals surface area contributed by atoms with Gasteiger partial charge in [-0.3, -0.25) is 0 Å². The number of rotatable bonds is 3. The van der Waals surface area contributed by atoms with Gasteiger partial charge in [0, 0.05) is 0 Å². The maximum absolute atomic E-state index is 4.64. The Morgan fingerprint density at radius 2 is 2.57 bits per heavy atom. The molecule has 0 aromatic rings. The van der Waals surface area contributed by atoms with Crippen molar-refractivity contribution in [3.8, 4) is 0 Å². The summed E-state index contributed by atoms with van der Waals surface area (Å²) in [6.07, 6.45) is 3.68. The minimum absolute atomic E-state index is 0.465. The summed E-state index contributed by atoms with van der Waals surface area (Å²) >= 11 is 0. The lowest BCUT2D eigenvalue weighted by molar-refractivity contribution is 0.177. The van der Waals surface area contributed by atoms with Crippen LogP contribution < -0.4 is 0 Å². The molecule has 0 atom stereocenters. The third kappa shape index (κ3) is 5.21. The summed E-state index contributed by atoms with van der Waals surface area (Å²) < 4.78 is 0. The maximum atomic E-state index is 4.64. The Morgan fingerprint density at radius 3 is 3.00 bits per heavy atom. The first-order valence-corrected chi connectivity index (χ1v) is 2.05. The van der Waals surface area contributed by atoms with E-state index in [0.717, 1.165) is 0 Å². The monoisotopic (exact) mass is 98.1 g/mol. The Balaban J connectivity index is 2.82. The van der Waals surface area contributed by atoms with Crippen LogP contribution >= 0.6 is 0 Å². The number of hydrogen-bond acceptors (Lipinski definition) is 2. The van der Waals surface area contributed by atoms with Gasteiger partial charge in [0.05, 0.1) is 6.72 Å². The second kappa shape index (κ2) is 5.21. The molecule has 0 bridgehead atoms. The summed E-state index contributed by atoms with van der Waals surface area (Å²) in [5, 5.41) is 2.92. The smallest absolute Gasteiger partial charge is 0.135 e. The van der Waals surface area contributed by atoms with E-state index in [-0.39, 0.29) is 0 Å². The van der Waals surface area contributed by atoms with Crippen molar-refractivity contribution < 1.29 is 4.84 Å². The molecule has 0 heterocycles. The highest BCUT2D eigenvalue weighted by atomic mass is 16.6. The number of allylic oxidation sites excluding steroid dienone is 1. The predicted octanol–water partition coefficient (Wildman–Crippen LogP) is 1.07. The summed E-state index contributed by atoms with van der Waals surface area (Å²) in [4.78, 5) is 4.39. The predicted molar refractivity (Wildman–Crippen MR) is 29.3 cm³/mol. The fourth-order valence-electron chi connectivity index (χ4n) is 0.182. The zero-order chi connectivity index (χ0) is 5.54. The molecule has 0 aliphatic heterocycles. The van der Waals surface area contributed by atoms with Crippen molar-refractivity contribution in [1.29, 1.82) is 0 Å². The summed E-state index contributed by atoms with van der Waals surface area (Å²) in [5.41, 5.74) is 0. The van der Waals surface area contributed by atoms with Crippen molar-refractivity contribution in [2.45, 2.75) is 6.92 Å². The number of nitrogens with zero attached hydrogens (tertiary/aromatic N) is 1. The van der Waals surface area contributed by atoms with E-state index in [1.165, 1.54) is 0 Å². The van der Waals surface area contributed by atoms with E-state index in [1.807, 2.05) is 19.1 Å². The van der Waals surface area contributed by atoms with Crippen LogP contribution in [0.1, 0.15) is 6.92 Å². The Labute approximate surface area is 43.5 Å². The Morgan fingerprint density at radius 1 is 1.86 bits per heavy atom. The van der Waals surface area contributed by atoms with Crippen LogP contribution in [0.4, 0.5) is 0 Å². The van der Waals surface area contributed by atoms with Gasteiger partial charge >= 0.3 is 0 Å². The molecular formula is C5H8NO. The van der Waals surface area contributed by atoms with Crippen molar-refractivity contribution in [3.05, 3.63) is 12.2 Å². The zero-order valence-corrected chi connectivity index (χ0v) is 4.29. The van der Waals surface area contributed by atoms with Crippen molar-refractivity contribution in [3.63, 3.8) is 0 Å². The molecular weight excluding hydrogens is 90.1 g/mol. The molecule has 0 N–H and O–H groups in total. The van der Waals surface area contributed by atoms with Crippen LogP contribution in [0.5, 0.6) is 0 Å². The minimum atomic E-state index is 0.465. The first-order chi connectivity index (χ1) is 3.41. The summed E-state index contributed by atoms with van der Waals surface area (Å²) in [5.74, 6) is 0. The molecule has 0 amide bonds. The third-order valence-corrected chi connectivity index (χ3v) is 0.481. The van der Waals surface area contributed by atoms with Crippen LogP contribution in [0.2, 0.25) is 0 Å². The van der Waals surface area contributed by atoms with Crippen molar-refractivity contribution >= 4 is 6.72 Å². The lowest BCUT2D eigenvalue weighted by atomic mass is 10.6. The molecule has 0 saturated carbocycles. The van der Waals surface area contributed by atoms with E-state index in [4.69, 9.17) is 0 Å². The molecule has 2 nitrogen and oxygen atoms in total. The molecule has 7 heavy (non-hydrogen) atoms. The second-order valence-electron chi connectivity index (χ2n) is 0.970. The van der Waals surface area contributed by atoms with Crippen LogP contribution in [-0.2, 0) is 4.84 Å². The molecule has 0 fully saturated rings. The van der Waals surface area contributed by atoms with E-state index in [2.05, 4.69) is 16.7 Å². The lowest BCUT2D eigenvalue weighted by Crippen LogP contribution is -1.77. The summed E-state index contributed by atoms with van der Waals surface area (Å²) in [6, 6.07) is 0. The fraction of sp³-hybridized carbons (Fsp3) is 0.400. The molecule has 1 radical (unpaired) electrons. The Kier molecular flexibility index (Phi) is 4.62. The fourth-order valence-corrected chi connectivity index (χ4v) is 0.182. The maximum Gasteiger partial charge on any atom is 0.135 e. The van der Waals surface area contributed by atoms with Gasteiger partial charge in [-0.2, -0.15) is 0 Å². The Bertz CT molecular complexity index is 68.5. The molecule has 2 heteroatoms. The third-order valence-electron chi connectivity index (χ3n) is 0.481. The van der Waals surface area contributed by atoms with E-state index >= 15 is 0 Å². The van der Waals surface area contributed by atoms with Crippen LogP contribution in [0.15, 0.2) is 17.3 Å². The van der Waals surface area contributed by atoms with Gasteiger partial charge in [-0.05, 0) is 13.0 Å². The van der Waals surface area contributed by atoms with Crippen molar-refractivity contribution in [2.75, 3.05) is 6.61 Å². The SMILES string of the molecule is [CH]=NOC/C=C/C. The first kappa shape index (κ1) is 6.21. The molecule has 0 aromatic heterocycles. The quantitative estimate of drug-likeness (QED) is 0.224. The summed E-state index contributed by atoms with van der Waals surface area (Å²) in [7, 11) is 0. The largest absolute Gasteiger partial charge is 0.392 e. The molecule has 0 aliphatic rings. The van der Waals surface area contributed by atoms with Crippen LogP contribution in [0, 0.1) is 0 Å². The number of hydrogen-bond donors (Lipinski definition) is 0. The molecule has 0 spiro atoms. The van der Waals surface area contributed by atoms with Gasteiger partial charge in [-0.1, -0.05) is 11.2 Å². The van der Waals surface area contributed by atoms with Gasteiger partial charge in [0.25, 0.3) is 0 Å². The Hall–Kier alpha value is -0.790. The minimum Gasteiger partial charge on any atom is -0.392 e. The second-order valence-corrected chi connectivity index (χ2v) is 0.970. The zero-order valence-electron chi connectivity index (χ0n) is 4.29. The van der Waals surface area contributed by atoms with E-state index in [0.29, 0.717) is 6.61 Å². The normalized spacial score (nSPS) is 9.29. The van der Waals surface area contributed by atoms with Gasteiger partial charge in [0.15, 0.2) is 0 Å². The molecule has 0 unspecified atom stereocenters. The standard InChI is InChI=1S/C5H8NO/c1-3-4-5-7-6-2/h2-4H,5H2,1H3/b4-3+,6-2?. The summed E-state index contributed by atoms with van der Waals surface area (Å²) in [6.45, 7) is 7.01. The van der Waals surface area contributed by atoms with Gasteiger partial charge in [0.1, 0.15) is 6.61 Å². The van der Waals surface area contributed by atoms with Gasteiger partial charge in [0.2, 0.25) is 0 Å². The average Bonchev–Trinajstić information content (AvgIpc) is 1.69. The molecule has 0 saturated heterocycles. The van der Waals surface area contributed by atoms with E-state index in [9.17, 15) is 0 Å². The van der Waals surface area contributed by atoms with Crippen LogP contribution in [0.25, 0.3) is 0 Å². The van der Waals surface area contributed by atoms with Crippen LogP contribution in [0.3, 0.4) is 0 Å². The van der Waals surface area contributed by atoms with Crippen molar-refractivity contribution in [1.82, 2.24) is 0 Å². The van der Waals surface area contributed by atoms with Gasteiger partial charge in [-0.25, -0.2) is 0 Å². The van der Waals surface area contributed by atoms with E-state index < -0.39 is 0 Å². The topological polar surface area (TPSA) is 21.6 Å².